The van der Waals surface area contributed by atoms with Crippen LogP contribution in [0.25, 0.3) is 0 Å². The maximum absolute atomic E-state index is 13.7. The van der Waals surface area contributed by atoms with Gasteiger partial charge in [0.15, 0.2) is 5.78 Å². The first-order valence-corrected chi connectivity index (χ1v) is 6.24. The van der Waals surface area contributed by atoms with Crippen LogP contribution in [-0.4, -0.2) is 5.78 Å². The minimum absolute atomic E-state index is 0.0521. The van der Waals surface area contributed by atoms with E-state index >= 15 is 0 Å². The van der Waals surface area contributed by atoms with E-state index < -0.39 is 5.82 Å². The highest BCUT2D eigenvalue weighted by atomic mass is 35.5. The largest absolute Gasteiger partial charge is 0.326 e. The molecule has 98 valence electrons. The Balaban J connectivity index is 2.26. The van der Waals surface area contributed by atoms with E-state index in [0.717, 1.165) is 17.2 Å². The third-order valence-corrected chi connectivity index (χ3v) is 3.16. The summed E-state index contributed by atoms with van der Waals surface area (Å²) >= 11 is 5.66. The van der Waals surface area contributed by atoms with Crippen molar-refractivity contribution < 1.29 is 9.18 Å². The van der Waals surface area contributed by atoms with Gasteiger partial charge in [0.25, 0.3) is 0 Å². The van der Waals surface area contributed by atoms with Gasteiger partial charge in [0.2, 0.25) is 0 Å². The number of halogens is 2. The van der Waals surface area contributed by atoms with E-state index in [0.29, 0.717) is 6.54 Å². The molecule has 0 saturated carbocycles. The second kappa shape index (κ2) is 5.95. The summed E-state index contributed by atoms with van der Waals surface area (Å²) in [7, 11) is 0. The van der Waals surface area contributed by atoms with Crippen LogP contribution in [0.5, 0.6) is 0 Å². The minimum atomic E-state index is -0.595. The highest BCUT2D eigenvalue weighted by molar-refractivity contribution is 6.30. The third-order valence-electron chi connectivity index (χ3n) is 2.92. The number of hydrogen-bond donors (Lipinski definition) is 1. The second-order valence-electron chi connectivity index (χ2n) is 4.20. The van der Waals surface area contributed by atoms with Crippen LogP contribution in [0.3, 0.4) is 0 Å². The lowest BCUT2D eigenvalue weighted by Gasteiger charge is -2.07. The van der Waals surface area contributed by atoms with Gasteiger partial charge in [-0.1, -0.05) is 35.9 Å². The van der Waals surface area contributed by atoms with Crippen molar-refractivity contribution in [1.82, 2.24) is 0 Å². The molecule has 0 aliphatic carbocycles. The average molecular weight is 278 g/mol. The summed E-state index contributed by atoms with van der Waals surface area (Å²) < 4.78 is 13.7. The van der Waals surface area contributed by atoms with E-state index in [2.05, 4.69) is 0 Å². The van der Waals surface area contributed by atoms with Crippen LogP contribution in [0, 0.1) is 5.82 Å². The minimum Gasteiger partial charge on any atom is -0.326 e. The summed E-state index contributed by atoms with van der Waals surface area (Å²) in [5, 5.41) is 0.274. The molecule has 0 radical (unpaired) electrons. The number of rotatable bonds is 4. The smallest absolute Gasteiger partial charge is 0.170 e. The predicted molar refractivity (Wildman–Crippen MR) is 73.8 cm³/mol. The van der Waals surface area contributed by atoms with E-state index in [1.807, 2.05) is 24.3 Å². The number of carbonyl (C=O) groups is 1. The first-order chi connectivity index (χ1) is 9.11. The van der Waals surface area contributed by atoms with Gasteiger partial charge in [-0.15, -0.1) is 0 Å². The van der Waals surface area contributed by atoms with Crippen LogP contribution in [-0.2, 0) is 13.0 Å². The molecule has 0 aromatic heterocycles. The van der Waals surface area contributed by atoms with Crippen molar-refractivity contribution in [3.8, 4) is 0 Å². The van der Waals surface area contributed by atoms with Crippen LogP contribution >= 0.6 is 11.6 Å². The monoisotopic (exact) mass is 277 g/mol. The number of benzene rings is 2. The molecule has 2 aromatic carbocycles. The Morgan fingerprint density at radius 3 is 2.47 bits per heavy atom. The zero-order valence-corrected chi connectivity index (χ0v) is 11.0. The van der Waals surface area contributed by atoms with Crippen molar-refractivity contribution in [1.29, 1.82) is 0 Å². The van der Waals surface area contributed by atoms with Gasteiger partial charge < -0.3 is 5.73 Å². The molecule has 4 heteroatoms. The van der Waals surface area contributed by atoms with Crippen LogP contribution < -0.4 is 5.73 Å². The molecule has 0 unspecified atom stereocenters. The van der Waals surface area contributed by atoms with Crippen LogP contribution in [0.1, 0.15) is 21.5 Å². The van der Waals surface area contributed by atoms with Crippen molar-refractivity contribution in [3.63, 3.8) is 0 Å². The predicted octanol–water partition coefficient (Wildman–Crippen LogP) is 3.36. The normalized spacial score (nSPS) is 10.5. The van der Waals surface area contributed by atoms with Crippen molar-refractivity contribution in [2.24, 2.45) is 5.73 Å². The summed E-state index contributed by atoms with van der Waals surface area (Å²) in [4.78, 5) is 12.1. The van der Waals surface area contributed by atoms with E-state index in [4.69, 9.17) is 17.3 Å². The first-order valence-electron chi connectivity index (χ1n) is 5.87. The standard InChI is InChI=1S/C15H13ClFNO/c16-12-5-6-13(14(17)8-12)15(19)7-10-3-1-2-4-11(10)9-18/h1-6,8H,7,9,18H2. The van der Waals surface area contributed by atoms with E-state index in [-0.39, 0.29) is 22.8 Å². The van der Waals surface area contributed by atoms with Crippen LogP contribution in [0.15, 0.2) is 42.5 Å². The number of carbonyl (C=O) groups excluding carboxylic acids is 1. The summed E-state index contributed by atoms with van der Waals surface area (Å²) in [6.45, 7) is 0.354. The SMILES string of the molecule is NCc1ccccc1CC(=O)c1ccc(Cl)cc1F. The molecule has 0 amide bonds. The van der Waals surface area contributed by atoms with Crippen molar-refractivity contribution in [3.05, 3.63) is 70.0 Å². The molecular weight excluding hydrogens is 265 g/mol. The molecule has 0 fully saturated rings. The van der Waals surface area contributed by atoms with Crippen molar-refractivity contribution >= 4 is 17.4 Å². The molecule has 0 heterocycles. The quantitative estimate of drug-likeness (QED) is 0.871. The summed E-state index contributed by atoms with van der Waals surface area (Å²) in [6, 6.07) is 11.4. The summed E-state index contributed by atoms with van der Waals surface area (Å²) in [5.41, 5.74) is 7.38. The molecule has 0 saturated heterocycles. The van der Waals surface area contributed by atoms with Crippen molar-refractivity contribution in [2.75, 3.05) is 0 Å². The Labute approximate surface area is 116 Å². The Morgan fingerprint density at radius 1 is 1.16 bits per heavy atom. The van der Waals surface area contributed by atoms with Gasteiger partial charge in [0, 0.05) is 18.0 Å². The van der Waals surface area contributed by atoms with Gasteiger partial charge in [0.1, 0.15) is 5.82 Å². The van der Waals surface area contributed by atoms with E-state index in [1.165, 1.54) is 12.1 Å². The van der Waals surface area contributed by atoms with Gasteiger partial charge in [-0.3, -0.25) is 4.79 Å². The summed E-state index contributed by atoms with van der Waals surface area (Å²) in [5.74, 6) is -0.877. The maximum atomic E-state index is 13.7. The molecule has 2 aromatic rings. The zero-order valence-electron chi connectivity index (χ0n) is 10.2. The molecule has 2 N–H and O–H groups in total. The summed E-state index contributed by atoms with van der Waals surface area (Å²) in [6.07, 6.45) is 0.131. The lowest BCUT2D eigenvalue weighted by Crippen LogP contribution is -2.09. The molecule has 0 aliphatic rings. The number of hydrogen-bond acceptors (Lipinski definition) is 2. The zero-order chi connectivity index (χ0) is 13.8. The third kappa shape index (κ3) is 3.19. The molecule has 0 aliphatic heterocycles. The van der Waals surface area contributed by atoms with Crippen LogP contribution in [0.2, 0.25) is 5.02 Å². The molecule has 0 bridgehead atoms. The van der Waals surface area contributed by atoms with E-state index in [1.54, 1.807) is 0 Å². The average Bonchev–Trinajstić information content (AvgIpc) is 2.39. The highest BCUT2D eigenvalue weighted by Gasteiger charge is 2.14. The fraction of sp³-hybridized carbons (Fsp3) is 0.133. The highest BCUT2D eigenvalue weighted by Crippen LogP contribution is 2.18. The van der Waals surface area contributed by atoms with Crippen LogP contribution in [0.4, 0.5) is 4.39 Å². The molecule has 19 heavy (non-hydrogen) atoms. The van der Waals surface area contributed by atoms with Gasteiger partial charge >= 0.3 is 0 Å². The Morgan fingerprint density at radius 2 is 1.84 bits per heavy atom. The molecule has 2 rings (SSSR count). The first kappa shape index (κ1) is 13.7. The lowest BCUT2D eigenvalue weighted by atomic mass is 9.98. The topological polar surface area (TPSA) is 43.1 Å². The Bertz CT molecular complexity index is 613. The Kier molecular flexibility index (Phi) is 4.30. The maximum Gasteiger partial charge on any atom is 0.170 e. The number of Topliss-reactive ketones (excluding diaryl/α,β-unsaturated/α-hetero) is 1. The molecule has 0 atom stereocenters. The fourth-order valence-electron chi connectivity index (χ4n) is 1.91. The van der Waals surface area contributed by atoms with Crippen molar-refractivity contribution in [2.45, 2.75) is 13.0 Å². The fourth-order valence-corrected chi connectivity index (χ4v) is 2.07. The van der Waals surface area contributed by atoms with Gasteiger partial charge in [-0.2, -0.15) is 0 Å². The van der Waals surface area contributed by atoms with E-state index in [9.17, 15) is 9.18 Å². The number of nitrogens with two attached hydrogens (primary N) is 1. The molecular formula is C15H13ClFNO. The molecule has 2 nitrogen and oxygen atoms in total. The van der Waals surface area contributed by atoms with Gasteiger partial charge in [-0.05, 0) is 29.3 Å². The molecule has 0 spiro atoms. The number of ketones is 1. The second-order valence-corrected chi connectivity index (χ2v) is 4.63. The van der Waals surface area contributed by atoms with Gasteiger partial charge in [-0.25, -0.2) is 4.39 Å². The van der Waals surface area contributed by atoms with Gasteiger partial charge in [0.05, 0.1) is 5.56 Å². The Hall–Kier alpha value is -1.71. The lowest BCUT2D eigenvalue weighted by molar-refractivity contribution is 0.0989.